The van der Waals surface area contributed by atoms with E-state index in [1.807, 2.05) is 31.1 Å². The van der Waals surface area contributed by atoms with E-state index in [0.29, 0.717) is 0 Å². The molecule has 0 amide bonds. The third-order valence-corrected chi connectivity index (χ3v) is 2.12. The summed E-state index contributed by atoms with van der Waals surface area (Å²) in [6, 6.07) is 3.94. The summed E-state index contributed by atoms with van der Waals surface area (Å²) in [4.78, 5) is 28.0. The minimum absolute atomic E-state index is 0.695. The first-order chi connectivity index (χ1) is 10.8. The van der Waals surface area contributed by atoms with E-state index >= 15 is 0 Å². The minimum atomic E-state index is -1.06. The Hall–Kier alpha value is -2.31. The number of rotatable bonds is 1. The van der Waals surface area contributed by atoms with Gasteiger partial charge in [-0.15, -0.1) is 0 Å². The van der Waals surface area contributed by atoms with Gasteiger partial charge in [0.15, 0.2) is 0 Å². The number of aromatic nitrogens is 1. The SMILES string of the molecule is CC(C)(C)OC(=O)OC(=O)OC(C)(C)C.CN(C)c1ccncc1. The zero-order valence-corrected chi connectivity index (χ0v) is 15.7. The van der Waals surface area contributed by atoms with Gasteiger partial charge in [-0.3, -0.25) is 4.98 Å². The highest BCUT2D eigenvalue weighted by molar-refractivity contribution is 5.77. The Morgan fingerprint density at radius 2 is 1.25 bits per heavy atom. The normalized spacial score (nSPS) is 10.8. The summed E-state index contributed by atoms with van der Waals surface area (Å²) < 4.78 is 13.8. The van der Waals surface area contributed by atoms with E-state index in [0.717, 1.165) is 0 Å². The molecule has 0 aromatic carbocycles. The zero-order valence-electron chi connectivity index (χ0n) is 15.7. The van der Waals surface area contributed by atoms with Crippen molar-refractivity contribution < 1.29 is 23.8 Å². The second-order valence-electron chi connectivity index (χ2n) is 7.13. The molecule has 0 spiro atoms. The van der Waals surface area contributed by atoms with Crippen LogP contribution in [-0.2, 0) is 14.2 Å². The van der Waals surface area contributed by atoms with Gasteiger partial charge in [0.2, 0.25) is 0 Å². The summed E-state index contributed by atoms with van der Waals surface area (Å²) in [5.41, 5.74) is -0.205. The first-order valence-electron chi connectivity index (χ1n) is 7.51. The number of anilines is 1. The van der Waals surface area contributed by atoms with E-state index in [-0.39, 0.29) is 0 Å². The third-order valence-electron chi connectivity index (χ3n) is 2.12. The summed E-state index contributed by atoms with van der Waals surface area (Å²) in [5.74, 6) is 0. The molecule has 0 saturated carbocycles. The van der Waals surface area contributed by atoms with Crippen LogP contribution in [-0.4, -0.2) is 42.6 Å². The number of pyridine rings is 1. The minimum Gasteiger partial charge on any atom is -0.428 e. The number of carbonyl (C=O) groups is 2. The van der Waals surface area contributed by atoms with Crippen LogP contribution in [0.25, 0.3) is 0 Å². The van der Waals surface area contributed by atoms with Gasteiger partial charge >= 0.3 is 12.3 Å². The number of carbonyl (C=O) groups excluding carboxylic acids is 2. The number of hydrogen-bond donors (Lipinski definition) is 0. The van der Waals surface area contributed by atoms with Crippen LogP contribution < -0.4 is 4.90 Å². The predicted molar refractivity (Wildman–Crippen MR) is 92.1 cm³/mol. The fraction of sp³-hybridized carbons (Fsp3) is 0.588. The lowest BCUT2D eigenvalue weighted by Gasteiger charge is -2.20. The maximum atomic E-state index is 11.0. The van der Waals surface area contributed by atoms with Crippen LogP contribution in [0.5, 0.6) is 0 Å². The molecule has 0 unspecified atom stereocenters. The smallest absolute Gasteiger partial charge is 0.428 e. The van der Waals surface area contributed by atoms with Gasteiger partial charge in [-0.1, -0.05) is 0 Å². The van der Waals surface area contributed by atoms with Gasteiger partial charge in [0.05, 0.1) is 0 Å². The van der Waals surface area contributed by atoms with Crippen LogP contribution in [0.2, 0.25) is 0 Å². The Kier molecular flexibility index (Phi) is 8.22. The van der Waals surface area contributed by atoms with Gasteiger partial charge in [-0.25, -0.2) is 9.59 Å². The molecule has 24 heavy (non-hydrogen) atoms. The molecule has 0 saturated heterocycles. The van der Waals surface area contributed by atoms with Crippen molar-refractivity contribution in [1.82, 2.24) is 4.98 Å². The van der Waals surface area contributed by atoms with Gasteiger partial charge in [-0.05, 0) is 53.7 Å². The van der Waals surface area contributed by atoms with Crippen LogP contribution in [0.3, 0.4) is 0 Å². The lowest BCUT2D eigenvalue weighted by atomic mass is 10.2. The first-order valence-corrected chi connectivity index (χ1v) is 7.51. The van der Waals surface area contributed by atoms with Crippen LogP contribution >= 0.6 is 0 Å². The third kappa shape index (κ3) is 12.3. The largest absolute Gasteiger partial charge is 0.519 e. The van der Waals surface area contributed by atoms with Gasteiger partial charge < -0.3 is 19.1 Å². The molecular weight excluding hydrogens is 312 g/mol. The van der Waals surface area contributed by atoms with E-state index in [4.69, 9.17) is 9.47 Å². The maximum absolute atomic E-state index is 11.0. The Morgan fingerprint density at radius 1 is 0.875 bits per heavy atom. The van der Waals surface area contributed by atoms with E-state index in [2.05, 4.69) is 9.72 Å². The Morgan fingerprint density at radius 3 is 1.50 bits per heavy atom. The number of ether oxygens (including phenoxy) is 3. The topological polar surface area (TPSA) is 78.0 Å². The van der Waals surface area contributed by atoms with Gasteiger partial charge in [0.25, 0.3) is 0 Å². The second kappa shape index (κ2) is 9.10. The van der Waals surface area contributed by atoms with E-state index in [1.165, 1.54) is 5.69 Å². The molecular formula is C17H28N2O5. The van der Waals surface area contributed by atoms with Crippen LogP contribution in [0.4, 0.5) is 15.3 Å². The van der Waals surface area contributed by atoms with E-state index in [1.54, 1.807) is 53.9 Å². The van der Waals surface area contributed by atoms with Crippen LogP contribution in [0.1, 0.15) is 41.5 Å². The highest BCUT2D eigenvalue weighted by Crippen LogP contribution is 2.11. The van der Waals surface area contributed by atoms with Crippen molar-refractivity contribution in [2.75, 3.05) is 19.0 Å². The zero-order chi connectivity index (χ0) is 19.0. The van der Waals surface area contributed by atoms with Crippen molar-refractivity contribution in [3.05, 3.63) is 24.5 Å². The molecule has 1 aromatic heterocycles. The molecule has 0 N–H and O–H groups in total. The molecule has 0 fully saturated rings. The Balaban J connectivity index is 0.000000496. The Bertz CT molecular complexity index is 490. The van der Waals surface area contributed by atoms with Crippen molar-refractivity contribution in [1.29, 1.82) is 0 Å². The average molecular weight is 340 g/mol. The summed E-state index contributed by atoms with van der Waals surface area (Å²) in [6.45, 7) is 10.0. The molecule has 0 aliphatic heterocycles. The summed E-state index contributed by atoms with van der Waals surface area (Å²) in [5, 5.41) is 0. The molecule has 7 heteroatoms. The molecule has 1 aromatic rings. The molecule has 0 bridgehead atoms. The molecule has 136 valence electrons. The van der Waals surface area contributed by atoms with Gasteiger partial charge in [-0.2, -0.15) is 0 Å². The number of hydrogen-bond acceptors (Lipinski definition) is 7. The molecule has 0 atom stereocenters. The molecule has 7 nitrogen and oxygen atoms in total. The lowest BCUT2D eigenvalue weighted by molar-refractivity contribution is -0.0293. The molecule has 1 heterocycles. The summed E-state index contributed by atoms with van der Waals surface area (Å²) in [6.07, 6.45) is 1.46. The second-order valence-corrected chi connectivity index (χ2v) is 7.13. The molecule has 1 rings (SSSR count). The van der Waals surface area contributed by atoms with Crippen molar-refractivity contribution in [2.24, 2.45) is 0 Å². The van der Waals surface area contributed by atoms with Crippen molar-refractivity contribution in [3.8, 4) is 0 Å². The standard InChI is InChI=1S/C10H18O5.C7H10N2/c1-9(2,3)14-7(11)13-8(12)15-10(4,5)6;1-9(2)7-3-5-8-6-4-7/h1-6H3;3-6H,1-2H3. The first kappa shape index (κ1) is 21.7. The fourth-order valence-corrected chi connectivity index (χ4v) is 1.25. The summed E-state index contributed by atoms with van der Waals surface area (Å²) in [7, 11) is 4.02. The van der Waals surface area contributed by atoms with Crippen molar-refractivity contribution in [2.45, 2.75) is 52.7 Å². The Labute approximate surface area is 143 Å². The molecule has 0 aliphatic rings. The fourth-order valence-electron chi connectivity index (χ4n) is 1.25. The van der Waals surface area contributed by atoms with Gasteiger partial charge in [0, 0.05) is 32.2 Å². The average Bonchev–Trinajstić information content (AvgIpc) is 2.35. The van der Waals surface area contributed by atoms with E-state index < -0.39 is 23.5 Å². The number of nitrogens with zero attached hydrogens (tertiary/aromatic N) is 2. The van der Waals surface area contributed by atoms with Crippen molar-refractivity contribution >= 4 is 18.0 Å². The molecule has 0 radical (unpaired) electrons. The predicted octanol–water partition coefficient (Wildman–Crippen LogP) is 4.02. The van der Waals surface area contributed by atoms with Crippen LogP contribution in [0.15, 0.2) is 24.5 Å². The van der Waals surface area contributed by atoms with E-state index in [9.17, 15) is 9.59 Å². The quantitative estimate of drug-likeness (QED) is 0.564. The van der Waals surface area contributed by atoms with Gasteiger partial charge in [0.1, 0.15) is 11.2 Å². The highest BCUT2D eigenvalue weighted by Gasteiger charge is 2.24. The highest BCUT2D eigenvalue weighted by atomic mass is 16.8. The van der Waals surface area contributed by atoms with Crippen LogP contribution in [0, 0.1) is 0 Å². The summed E-state index contributed by atoms with van der Waals surface area (Å²) >= 11 is 0. The molecule has 0 aliphatic carbocycles. The van der Waals surface area contributed by atoms with Crippen molar-refractivity contribution in [3.63, 3.8) is 0 Å². The monoisotopic (exact) mass is 340 g/mol. The maximum Gasteiger partial charge on any atom is 0.519 e. The lowest BCUT2D eigenvalue weighted by Crippen LogP contribution is -2.29.